The van der Waals surface area contributed by atoms with Gasteiger partial charge in [0.2, 0.25) is 0 Å². The third-order valence-corrected chi connectivity index (χ3v) is 3.56. The van der Waals surface area contributed by atoms with E-state index >= 15 is 0 Å². The number of allylic oxidation sites excluding steroid dienone is 1. The minimum absolute atomic E-state index is 0.00661. The van der Waals surface area contributed by atoms with Crippen molar-refractivity contribution in [2.75, 3.05) is 7.11 Å². The van der Waals surface area contributed by atoms with Gasteiger partial charge in [-0.15, -0.1) is 17.1 Å². The van der Waals surface area contributed by atoms with Crippen LogP contribution < -0.4 is 14.2 Å². The molecule has 0 heterocycles. The molecule has 0 saturated carbocycles. The number of nitro benzene ring substituents is 1. The summed E-state index contributed by atoms with van der Waals surface area (Å²) in [6.45, 7) is 5.48. The summed E-state index contributed by atoms with van der Waals surface area (Å²) in [5.41, 5.74) is 1.73. The van der Waals surface area contributed by atoms with Crippen LogP contribution in [0.25, 0.3) is 0 Å². The lowest BCUT2D eigenvalue weighted by Gasteiger charge is -2.06. The Kier molecular flexibility index (Phi) is 9.08. The van der Waals surface area contributed by atoms with Crippen LogP contribution >= 0.6 is 0 Å². The Hall–Kier alpha value is -4.04. The van der Waals surface area contributed by atoms with Crippen molar-refractivity contribution in [2.45, 2.75) is 19.8 Å². The van der Waals surface area contributed by atoms with Crippen LogP contribution in [0, 0.1) is 33.1 Å². The van der Waals surface area contributed by atoms with Crippen LogP contribution in [0.1, 0.15) is 18.1 Å². The van der Waals surface area contributed by atoms with Crippen molar-refractivity contribution in [1.82, 2.24) is 0 Å². The summed E-state index contributed by atoms with van der Waals surface area (Å²) in [7, 11) is 1.54. The SMILES string of the molecule is C=CCc1ccc(OC#N)c(OC)c1.CCc1cc([N+](=O)[O-])ccc1OC#N. The maximum atomic E-state index is 10.4. The van der Waals surface area contributed by atoms with Gasteiger partial charge in [-0.05, 0) is 36.6 Å². The van der Waals surface area contributed by atoms with Gasteiger partial charge in [0.1, 0.15) is 5.75 Å². The molecule has 0 atom stereocenters. The Morgan fingerprint density at radius 2 is 1.75 bits per heavy atom. The molecular weight excluding hydrogens is 362 g/mol. The molecule has 0 spiro atoms. The average Bonchev–Trinajstić information content (AvgIpc) is 2.70. The molecule has 8 heteroatoms. The molecule has 0 radical (unpaired) electrons. The van der Waals surface area contributed by atoms with E-state index in [1.165, 1.54) is 31.6 Å². The molecule has 0 unspecified atom stereocenters. The van der Waals surface area contributed by atoms with Gasteiger partial charge in [0, 0.05) is 17.7 Å². The van der Waals surface area contributed by atoms with Crippen molar-refractivity contribution in [1.29, 1.82) is 10.5 Å². The van der Waals surface area contributed by atoms with E-state index in [-0.39, 0.29) is 5.69 Å². The van der Waals surface area contributed by atoms with Crippen LogP contribution in [0.3, 0.4) is 0 Å². The Morgan fingerprint density at radius 3 is 2.29 bits per heavy atom. The highest BCUT2D eigenvalue weighted by atomic mass is 16.6. The Labute approximate surface area is 163 Å². The Balaban J connectivity index is 0.000000280. The molecule has 0 N–H and O–H groups in total. The third-order valence-electron chi connectivity index (χ3n) is 3.56. The van der Waals surface area contributed by atoms with E-state index in [9.17, 15) is 10.1 Å². The molecule has 0 fully saturated rings. The van der Waals surface area contributed by atoms with Crippen LogP contribution in [0.4, 0.5) is 5.69 Å². The van der Waals surface area contributed by atoms with E-state index < -0.39 is 4.92 Å². The fraction of sp³-hybridized carbons (Fsp3) is 0.200. The van der Waals surface area contributed by atoms with Gasteiger partial charge >= 0.3 is 0 Å². The van der Waals surface area contributed by atoms with Crippen molar-refractivity contribution in [3.8, 4) is 29.8 Å². The van der Waals surface area contributed by atoms with Crippen LogP contribution in [-0.2, 0) is 12.8 Å². The van der Waals surface area contributed by atoms with Gasteiger partial charge in [0.05, 0.1) is 12.0 Å². The molecule has 0 aliphatic carbocycles. The molecule has 28 heavy (non-hydrogen) atoms. The van der Waals surface area contributed by atoms with Crippen molar-refractivity contribution < 1.29 is 19.1 Å². The van der Waals surface area contributed by atoms with E-state index in [2.05, 4.69) is 11.3 Å². The van der Waals surface area contributed by atoms with Gasteiger partial charge in [-0.2, -0.15) is 0 Å². The third kappa shape index (κ3) is 6.36. The van der Waals surface area contributed by atoms with Crippen molar-refractivity contribution in [2.24, 2.45) is 0 Å². The second-order valence-electron chi connectivity index (χ2n) is 5.27. The quantitative estimate of drug-likeness (QED) is 0.303. The first-order chi connectivity index (χ1) is 13.5. The average molecular weight is 381 g/mol. The predicted molar refractivity (Wildman–Crippen MR) is 102 cm³/mol. The van der Waals surface area contributed by atoms with Gasteiger partial charge in [-0.3, -0.25) is 10.1 Å². The van der Waals surface area contributed by atoms with Gasteiger partial charge in [0.25, 0.3) is 18.2 Å². The van der Waals surface area contributed by atoms with E-state index in [1.54, 1.807) is 18.4 Å². The highest BCUT2D eigenvalue weighted by Gasteiger charge is 2.10. The number of nitriles is 2. The molecule has 0 saturated heterocycles. The zero-order valence-electron chi connectivity index (χ0n) is 15.5. The summed E-state index contributed by atoms with van der Waals surface area (Å²) in [4.78, 5) is 9.96. The van der Waals surface area contributed by atoms with Gasteiger partial charge < -0.3 is 14.2 Å². The van der Waals surface area contributed by atoms with Crippen LogP contribution in [0.5, 0.6) is 17.2 Å². The van der Waals surface area contributed by atoms with Crippen molar-refractivity contribution in [3.05, 3.63) is 70.3 Å². The summed E-state index contributed by atoms with van der Waals surface area (Å²) in [5.74, 6) is 1.37. The second kappa shape index (κ2) is 11.6. The standard InChI is InChI=1S/C11H11NO2.C9H8N2O3/c1-3-4-9-5-6-10(14-8-12)11(7-9)13-2;1-2-7-5-8(11(12)13)3-4-9(7)14-6-10/h3,5-7H,1,4H2,2H3;3-5H,2H2,1H3. The smallest absolute Gasteiger partial charge is 0.292 e. The van der Waals surface area contributed by atoms with Gasteiger partial charge in [-0.25, -0.2) is 0 Å². The second-order valence-corrected chi connectivity index (χ2v) is 5.27. The highest BCUT2D eigenvalue weighted by molar-refractivity contribution is 5.44. The molecule has 0 aliphatic heterocycles. The Bertz CT molecular complexity index is 913. The fourth-order valence-electron chi connectivity index (χ4n) is 2.24. The molecule has 0 bridgehead atoms. The number of benzene rings is 2. The Morgan fingerprint density at radius 1 is 1.11 bits per heavy atom. The van der Waals surface area contributed by atoms with Crippen molar-refractivity contribution >= 4 is 5.69 Å². The number of nitrogens with zero attached hydrogens (tertiary/aromatic N) is 3. The number of aryl methyl sites for hydroxylation is 1. The molecule has 144 valence electrons. The fourth-order valence-corrected chi connectivity index (χ4v) is 2.24. The maximum absolute atomic E-state index is 10.4. The van der Waals surface area contributed by atoms with Crippen molar-refractivity contribution in [3.63, 3.8) is 0 Å². The monoisotopic (exact) mass is 381 g/mol. The first-order valence-corrected chi connectivity index (χ1v) is 8.17. The normalized spacial score (nSPS) is 9.00. The molecule has 0 aliphatic rings. The van der Waals surface area contributed by atoms with E-state index in [1.807, 2.05) is 19.1 Å². The first-order valence-electron chi connectivity index (χ1n) is 8.17. The van der Waals surface area contributed by atoms with Crippen LogP contribution in [0.15, 0.2) is 49.1 Å². The topological polar surface area (TPSA) is 118 Å². The molecule has 0 amide bonds. The number of methoxy groups -OCH3 is 1. The summed E-state index contributed by atoms with van der Waals surface area (Å²) in [6.07, 6.45) is 6.30. The molecular formula is C20H19N3O5. The lowest BCUT2D eigenvalue weighted by molar-refractivity contribution is -0.384. The summed E-state index contributed by atoms with van der Waals surface area (Å²) in [6, 6.07) is 9.56. The summed E-state index contributed by atoms with van der Waals surface area (Å²) < 4.78 is 14.4. The number of nitro groups is 1. The number of rotatable bonds is 7. The van der Waals surface area contributed by atoms with E-state index in [0.29, 0.717) is 29.2 Å². The number of non-ortho nitro benzene ring substituents is 1. The predicted octanol–water partition coefficient (Wildman–Crippen LogP) is 4.30. The molecule has 2 aromatic rings. The molecule has 0 aromatic heterocycles. The molecule has 8 nitrogen and oxygen atoms in total. The van der Waals surface area contributed by atoms with E-state index in [4.69, 9.17) is 20.0 Å². The largest absolute Gasteiger partial charge is 0.493 e. The number of ether oxygens (including phenoxy) is 3. The molecule has 2 aromatic carbocycles. The highest BCUT2D eigenvalue weighted by Crippen LogP contribution is 2.28. The van der Waals surface area contributed by atoms with Gasteiger partial charge in [0.15, 0.2) is 11.5 Å². The minimum atomic E-state index is -0.477. The minimum Gasteiger partial charge on any atom is -0.493 e. The zero-order valence-corrected chi connectivity index (χ0v) is 15.5. The maximum Gasteiger partial charge on any atom is 0.292 e. The lowest BCUT2D eigenvalue weighted by Crippen LogP contribution is -1.93. The lowest BCUT2D eigenvalue weighted by atomic mass is 10.1. The first kappa shape index (κ1) is 22.0. The number of hydrogen-bond donors (Lipinski definition) is 0. The van der Waals surface area contributed by atoms with Gasteiger partial charge in [-0.1, -0.05) is 19.1 Å². The zero-order chi connectivity index (χ0) is 20.9. The summed E-state index contributed by atoms with van der Waals surface area (Å²) in [5, 5.41) is 27.1. The summed E-state index contributed by atoms with van der Waals surface area (Å²) >= 11 is 0. The van der Waals surface area contributed by atoms with Crippen LogP contribution in [-0.4, -0.2) is 12.0 Å². The molecule has 2 rings (SSSR count). The number of hydrogen-bond acceptors (Lipinski definition) is 7. The van der Waals surface area contributed by atoms with Crippen LogP contribution in [0.2, 0.25) is 0 Å². The van der Waals surface area contributed by atoms with E-state index in [0.717, 1.165) is 12.0 Å².